The quantitative estimate of drug-likeness (QED) is 0.664. The Labute approximate surface area is 95.6 Å². The Hall–Kier alpha value is -1.26. The van der Waals surface area contributed by atoms with Gasteiger partial charge in [-0.25, -0.2) is 4.79 Å². The molecule has 92 valence electrons. The highest BCUT2D eigenvalue weighted by molar-refractivity contribution is 5.77. The number of carbonyl (C=O) groups is 2. The van der Waals surface area contributed by atoms with Crippen LogP contribution < -0.4 is 10.6 Å². The monoisotopic (exact) mass is 228 g/mol. The van der Waals surface area contributed by atoms with Gasteiger partial charge < -0.3 is 15.7 Å². The third-order valence-electron chi connectivity index (χ3n) is 2.81. The SMILES string of the molecule is CCC1CC1NC(=O)NC(C)(C)CC(=O)O. The summed E-state index contributed by atoms with van der Waals surface area (Å²) >= 11 is 0. The maximum Gasteiger partial charge on any atom is 0.315 e. The van der Waals surface area contributed by atoms with Gasteiger partial charge in [0.05, 0.1) is 6.42 Å². The van der Waals surface area contributed by atoms with Gasteiger partial charge in [0, 0.05) is 11.6 Å². The summed E-state index contributed by atoms with van der Waals surface area (Å²) in [6.45, 7) is 5.49. The van der Waals surface area contributed by atoms with E-state index in [-0.39, 0.29) is 18.5 Å². The van der Waals surface area contributed by atoms with Crippen molar-refractivity contribution in [1.82, 2.24) is 10.6 Å². The highest BCUT2D eigenvalue weighted by Crippen LogP contribution is 2.32. The Kier molecular flexibility index (Phi) is 3.78. The van der Waals surface area contributed by atoms with Crippen molar-refractivity contribution < 1.29 is 14.7 Å². The molecule has 16 heavy (non-hydrogen) atoms. The van der Waals surface area contributed by atoms with Crippen LogP contribution in [0, 0.1) is 5.92 Å². The second-order valence-corrected chi connectivity index (χ2v) is 5.06. The van der Waals surface area contributed by atoms with E-state index in [0.717, 1.165) is 12.8 Å². The molecule has 3 N–H and O–H groups in total. The predicted octanol–water partition coefficient (Wildman–Crippen LogP) is 1.34. The molecule has 2 atom stereocenters. The van der Waals surface area contributed by atoms with Crippen molar-refractivity contribution in [3.8, 4) is 0 Å². The molecule has 0 radical (unpaired) electrons. The molecule has 0 heterocycles. The molecular formula is C11H20N2O3. The van der Waals surface area contributed by atoms with E-state index >= 15 is 0 Å². The first-order valence-corrected chi connectivity index (χ1v) is 5.64. The zero-order valence-electron chi connectivity index (χ0n) is 10.0. The first-order valence-electron chi connectivity index (χ1n) is 5.64. The summed E-state index contributed by atoms with van der Waals surface area (Å²) in [6, 6.07) is -0.00201. The van der Waals surface area contributed by atoms with Crippen molar-refractivity contribution >= 4 is 12.0 Å². The second kappa shape index (κ2) is 4.72. The molecule has 0 spiro atoms. The standard InChI is InChI=1S/C11H20N2O3/c1-4-7-5-8(7)12-10(16)13-11(2,3)6-9(14)15/h7-8H,4-6H2,1-3H3,(H,14,15)(H2,12,13,16). The van der Waals surface area contributed by atoms with Crippen molar-refractivity contribution in [1.29, 1.82) is 0 Å². The van der Waals surface area contributed by atoms with Gasteiger partial charge in [-0.2, -0.15) is 0 Å². The highest BCUT2D eigenvalue weighted by Gasteiger charge is 2.37. The average molecular weight is 228 g/mol. The molecule has 0 aromatic heterocycles. The molecule has 2 unspecified atom stereocenters. The highest BCUT2D eigenvalue weighted by atomic mass is 16.4. The van der Waals surface area contributed by atoms with E-state index in [1.165, 1.54) is 0 Å². The number of carbonyl (C=O) groups excluding carboxylic acids is 1. The fourth-order valence-corrected chi connectivity index (χ4v) is 1.81. The molecule has 1 aliphatic carbocycles. The summed E-state index contributed by atoms with van der Waals surface area (Å²) in [5.74, 6) is -0.323. The van der Waals surface area contributed by atoms with Crippen molar-refractivity contribution in [2.75, 3.05) is 0 Å². The van der Waals surface area contributed by atoms with Crippen molar-refractivity contribution in [3.05, 3.63) is 0 Å². The average Bonchev–Trinajstić information content (AvgIpc) is 2.78. The van der Waals surface area contributed by atoms with Crippen LogP contribution in [0.15, 0.2) is 0 Å². The summed E-state index contributed by atoms with van der Waals surface area (Å²) in [7, 11) is 0. The summed E-state index contributed by atoms with van der Waals surface area (Å²) in [6.07, 6.45) is 2.02. The summed E-state index contributed by atoms with van der Waals surface area (Å²) < 4.78 is 0. The topological polar surface area (TPSA) is 78.4 Å². The van der Waals surface area contributed by atoms with Crippen molar-refractivity contribution in [2.45, 2.75) is 51.6 Å². The van der Waals surface area contributed by atoms with Gasteiger partial charge in [0.25, 0.3) is 0 Å². The first kappa shape index (κ1) is 12.8. The molecule has 1 rings (SSSR count). The van der Waals surface area contributed by atoms with E-state index < -0.39 is 11.5 Å². The predicted molar refractivity (Wildman–Crippen MR) is 60.2 cm³/mol. The van der Waals surface area contributed by atoms with Crippen LogP contribution in [0.25, 0.3) is 0 Å². The third-order valence-corrected chi connectivity index (χ3v) is 2.81. The van der Waals surface area contributed by atoms with Crippen molar-refractivity contribution in [3.63, 3.8) is 0 Å². The van der Waals surface area contributed by atoms with Crippen molar-refractivity contribution in [2.24, 2.45) is 5.92 Å². The van der Waals surface area contributed by atoms with Crippen LogP contribution >= 0.6 is 0 Å². The minimum absolute atomic E-state index is 0.0811. The number of hydrogen-bond donors (Lipinski definition) is 3. The first-order chi connectivity index (χ1) is 7.34. The number of amides is 2. The number of carboxylic acids is 1. The Morgan fingerprint density at radius 1 is 1.44 bits per heavy atom. The molecule has 0 aromatic carbocycles. The molecule has 5 heteroatoms. The lowest BCUT2D eigenvalue weighted by molar-refractivity contribution is -0.138. The lowest BCUT2D eigenvalue weighted by atomic mass is 10.0. The molecule has 1 aliphatic rings. The van der Waals surface area contributed by atoms with Gasteiger partial charge in [-0.05, 0) is 26.2 Å². The Balaban J connectivity index is 2.30. The van der Waals surface area contributed by atoms with E-state index in [2.05, 4.69) is 17.6 Å². The van der Waals surface area contributed by atoms with Gasteiger partial charge >= 0.3 is 12.0 Å². The third kappa shape index (κ3) is 4.08. The summed E-state index contributed by atoms with van der Waals surface area (Å²) in [5, 5.41) is 14.2. The summed E-state index contributed by atoms with van der Waals surface area (Å²) in [5.41, 5.74) is -0.716. The number of carboxylic acid groups (broad SMARTS) is 1. The Morgan fingerprint density at radius 2 is 2.06 bits per heavy atom. The molecular weight excluding hydrogens is 208 g/mol. The van der Waals surface area contributed by atoms with Crippen LogP contribution in [0.2, 0.25) is 0 Å². The van der Waals surface area contributed by atoms with Crippen LogP contribution in [0.1, 0.15) is 40.0 Å². The Bertz CT molecular complexity index is 289. The number of urea groups is 1. The zero-order chi connectivity index (χ0) is 12.3. The molecule has 0 saturated heterocycles. The number of rotatable bonds is 5. The lowest BCUT2D eigenvalue weighted by Gasteiger charge is -2.24. The van der Waals surface area contributed by atoms with Crippen LogP contribution in [-0.2, 0) is 4.79 Å². The zero-order valence-corrected chi connectivity index (χ0v) is 10.0. The number of aliphatic carboxylic acids is 1. The van der Waals surface area contributed by atoms with Crippen LogP contribution in [0.3, 0.4) is 0 Å². The minimum atomic E-state index is -0.914. The smallest absolute Gasteiger partial charge is 0.315 e. The van der Waals surface area contributed by atoms with Gasteiger partial charge in [-0.15, -0.1) is 0 Å². The fourth-order valence-electron chi connectivity index (χ4n) is 1.81. The maximum atomic E-state index is 11.5. The van der Waals surface area contributed by atoms with Crippen LogP contribution in [-0.4, -0.2) is 28.7 Å². The van der Waals surface area contributed by atoms with Gasteiger partial charge in [0.2, 0.25) is 0 Å². The van der Waals surface area contributed by atoms with E-state index in [9.17, 15) is 9.59 Å². The molecule has 2 amide bonds. The normalized spacial score (nSPS) is 23.7. The molecule has 0 aliphatic heterocycles. The maximum absolute atomic E-state index is 11.5. The number of hydrogen-bond acceptors (Lipinski definition) is 2. The molecule has 5 nitrogen and oxygen atoms in total. The summed E-state index contributed by atoms with van der Waals surface area (Å²) in [4.78, 5) is 22.1. The Morgan fingerprint density at radius 3 is 2.50 bits per heavy atom. The minimum Gasteiger partial charge on any atom is -0.481 e. The molecule has 1 saturated carbocycles. The molecule has 1 fully saturated rings. The largest absolute Gasteiger partial charge is 0.481 e. The second-order valence-electron chi connectivity index (χ2n) is 5.06. The van der Waals surface area contributed by atoms with E-state index in [4.69, 9.17) is 5.11 Å². The van der Waals surface area contributed by atoms with E-state index in [1.54, 1.807) is 13.8 Å². The van der Waals surface area contributed by atoms with Crippen LogP contribution in [0.4, 0.5) is 4.79 Å². The van der Waals surface area contributed by atoms with Gasteiger partial charge in [0.15, 0.2) is 0 Å². The fraction of sp³-hybridized carbons (Fsp3) is 0.818. The van der Waals surface area contributed by atoms with Gasteiger partial charge in [0.1, 0.15) is 0 Å². The van der Waals surface area contributed by atoms with Gasteiger partial charge in [-0.3, -0.25) is 4.79 Å². The van der Waals surface area contributed by atoms with E-state index in [1.807, 2.05) is 0 Å². The van der Waals surface area contributed by atoms with E-state index in [0.29, 0.717) is 5.92 Å². The molecule has 0 aromatic rings. The number of nitrogens with one attached hydrogen (secondary N) is 2. The molecule has 0 bridgehead atoms. The van der Waals surface area contributed by atoms with Crippen LogP contribution in [0.5, 0.6) is 0 Å². The van der Waals surface area contributed by atoms with Gasteiger partial charge in [-0.1, -0.05) is 13.3 Å². The lowest BCUT2D eigenvalue weighted by Crippen LogP contribution is -2.50.